The number of hydrogen-bond donors (Lipinski definition) is 2. The van der Waals surface area contributed by atoms with E-state index in [1.165, 1.54) is 7.11 Å². The minimum atomic E-state index is -0.750. The fourth-order valence-electron chi connectivity index (χ4n) is 0. The number of hydrogen-bond acceptors (Lipinski definition) is 4. The van der Waals surface area contributed by atoms with Gasteiger partial charge in [0.2, 0.25) is 0 Å². The first-order valence-electron chi connectivity index (χ1n) is 1.80. The van der Waals surface area contributed by atoms with E-state index in [2.05, 4.69) is 34.9 Å². The second-order valence-corrected chi connectivity index (χ2v) is 1.65. The molecule has 0 aliphatic heterocycles. The van der Waals surface area contributed by atoms with Crippen molar-refractivity contribution < 1.29 is 39.4 Å². The molecule has 0 unspecified atom stereocenters. The topological polar surface area (TPSA) is 84.3 Å². The zero-order valence-electron chi connectivity index (χ0n) is 5.79. The van der Waals surface area contributed by atoms with Crippen LogP contribution >= 0.6 is 24.4 Å². The van der Waals surface area contributed by atoms with E-state index in [4.69, 9.17) is 10.8 Å². The van der Waals surface area contributed by atoms with Gasteiger partial charge in [-0.15, -0.1) is 0 Å². The summed E-state index contributed by atoms with van der Waals surface area (Å²) in [5.74, 6) is 0. The van der Waals surface area contributed by atoms with Gasteiger partial charge >= 0.3 is 29.6 Å². The van der Waals surface area contributed by atoms with Gasteiger partial charge in [-0.3, -0.25) is 0 Å². The van der Waals surface area contributed by atoms with Gasteiger partial charge in [0.25, 0.3) is 5.17 Å². The average molecular weight is 190 g/mol. The van der Waals surface area contributed by atoms with Crippen LogP contribution in [-0.4, -0.2) is 17.5 Å². The number of thiocarbonyl (C=S) groups is 2. The second kappa shape index (κ2) is 12.1. The molecule has 4 nitrogen and oxygen atoms in total. The fourth-order valence-corrected chi connectivity index (χ4v) is 0. The molecule has 0 bridgehead atoms. The molecule has 0 heterocycles. The van der Waals surface area contributed by atoms with E-state index in [-0.39, 0.29) is 34.7 Å². The van der Waals surface area contributed by atoms with Gasteiger partial charge in [0.15, 0.2) is 0 Å². The van der Waals surface area contributed by atoms with Gasteiger partial charge in [-0.2, -0.15) is 0 Å². The molecule has 0 radical (unpaired) electrons. The first kappa shape index (κ1) is 16.8. The molecule has 7 heteroatoms. The van der Waals surface area contributed by atoms with Crippen molar-refractivity contribution >= 4 is 34.8 Å². The molecule has 0 amide bonds. The Morgan fingerprint density at radius 2 is 1.50 bits per heavy atom. The molecule has 0 aliphatic rings. The summed E-state index contributed by atoms with van der Waals surface area (Å²) < 4.78 is 4.26. The monoisotopic (exact) mass is 190 g/mol. The Morgan fingerprint density at radius 3 is 1.50 bits per heavy atom. The molecule has 0 rings (SSSR count). The molecule has 0 aromatic rings. The molecule has 0 aliphatic carbocycles. The van der Waals surface area contributed by atoms with E-state index in [9.17, 15) is 0 Å². The van der Waals surface area contributed by atoms with Crippen LogP contribution in [0.1, 0.15) is 0 Å². The maximum Gasteiger partial charge on any atom is 1.00 e. The smallest absolute Gasteiger partial charge is 0.852 e. The maximum absolute atomic E-state index is 9.04. The molecule has 4 N–H and O–H groups in total. The third kappa shape index (κ3) is 80.6. The van der Waals surface area contributed by atoms with E-state index in [0.717, 1.165) is 0 Å². The summed E-state index contributed by atoms with van der Waals surface area (Å²) in [7, 11) is 1.43. The summed E-state index contributed by atoms with van der Waals surface area (Å²) in [6.45, 7) is 0. The van der Waals surface area contributed by atoms with Crippen molar-refractivity contribution in [1.82, 2.24) is 0 Å². The van der Waals surface area contributed by atoms with E-state index in [0.29, 0.717) is 0 Å². The van der Waals surface area contributed by atoms with Gasteiger partial charge < -0.3 is 21.3 Å². The van der Waals surface area contributed by atoms with Crippen LogP contribution in [0.5, 0.6) is 0 Å². The Balaban J connectivity index is -0.0000000910. The van der Waals surface area contributed by atoms with E-state index < -0.39 is 5.17 Å². The third-order valence-corrected chi connectivity index (χ3v) is 0.368. The van der Waals surface area contributed by atoms with Crippen LogP contribution in [0.4, 0.5) is 0 Å². The molecule has 0 aromatic carbocycles. The zero-order chi connectivity index (χ0) is 7.86. The summed E-state index contributed by atoms with van der Waals surface area (Å²) in [4.78, 5) is 0. The van der Waals surface area contributed by atoms with Crippen molar-refractivity contribution in [2.45, 2.75) is 0 Å². The summed E-state index contributed by atoms with van der Waals surface area (Å²) in [6.07, 6.45) is 0. The quantitative estimate of drug-likeness (QED) is 0.296. The molecule has 0 atom stereocenters. The molecule has 0 saturated heterocycles. The number of nitrogens with two attached hydrogens (primary N) is 2. The summed E-state index contributed by atoms with van der Waals surface area (Å²) >= 11 is 8.01. The minimum Gasteiger partial charge on any atom is -0.852 e. The Bertz CT molecular complexity index is 107. The van der Waals surface area contributed by atoms with Gasteiger partial charge in [-0.05, 0) is 12.2 Å². The van der Waals surface area contributed by atoms with Crippen LogP contribution in [0.2, 0.25) is 0 Å². The Kier molecular flexibility index (Phi) is 20.3. The number of methoxy groups -OCH3 is 1. The van der Waals surface area contributed by atoms with Gasteiger partial charge in [-0.25, -0.2) is 0 Å². The van der Waals surface area contributed by atoms with Crippen molar-refractivity contribution in [3.05, 3.63) is 0 Å². The summed E-state index contributed by atoms with van der Waals surface area (Å²) in [6, 6.07) is 0. The number of ether oxygens (including phenoxy) is 1. The van der Waals surface area contributed by atoms with Crippen LogP contribution in [0.3, 0.4) is 0 Å². The zero-order valence-corrected chi connectivity index (χ0v) is 9.42. The van der Waals surface area contributed by atoms with Crippen LogP contribution in [0.15, 0.2) is 0 Å². The SMILES string of the molecule is COC(N)=S.NC([O-])=S.[Na+]. The van der Waals surface area contributed by atoms with Crippen LogP contribution in [-0.2, 0) is 4.74 Å². The molecule has 10 heavy (non-hydrogen) atoms. The maximum atomic E-state index is 9.04. The van der Waals surface area contributed by atoms with Gasteiger partial charge in [0, 0.05) is 5.17 Å². The first-order chi connectivity index (χ1) is 4.00. The molecule has 54 valence electrons. The van der Waals surface area contributed by atoms with E-state index >= 15 is 0 Å². The molecule has 0 aromatic heterocycles. The van der Waals surface area contributed by atoms with Crippen LogP contribution < -0.4 is 46.1 Å². The van der Waals surface area contributed by atoms with E-state index in [1.807, 2.05) is 0 Å². The Labute approximate surface area is 92.2 Å². The van der Waals surface area contributed by atoms with Crippen molar-refractivity contribution in [2.75, 3.05) is 7.11 Å². The van der Waals surface area contributed by atoms with Crippen molar-refractivity contribution in [3.8, 4) is 0 Å². The normalized spacial score (nSPS) is 5.70. The van der Waals surface area contributed by atoms with Crippen LogP contribution in [0.25, 0.3) is 0 Å². The summed E-state index contributed by atoms with van der Waals surface area (Å²) in [5.41, 5.74) is 9.09. The molecular weight excluding hydrogens is 183 g/mol. The second-order valence-electron chi connectivity index (χ2n) is 0.842. The van der Waals surface area contributed by atoms with Crippen molar-refractivity contribution in [3.63, 3.8) is 0 Å². The predicted molar refractivity (Wildman–Crippen MR) is 40.6 cm³/mol. The molecular formula is C3H7N2NaO2S2. The van der Waals surface area contributed by atoms with Crippen LogP contribution in [0, 0.1) is 0 Å². The Hall–Kier alpha value is 0.380. The van der Waals surface area contributed by atoms with Crippen molar-refractivity contribution in [2.24, 2.45) is 11.5 Å². The van der Waals surface area contributed by atoms with Crippen molar-refractivity contribution in [1.29, 1.82) is 0 Å². The molecule has 0 spiro atoms. The van der Waals surface area contributed by atoms with Gasteiger partial charge in [0.1, 0.15) is 0 Å². The number of rotatable bonds is 0. The standard InChI is InChI=1S/C2H5NOS.CH3NOS.Na/c1-4-2(3)5;2-1(3)4;/h1H3,(H2,3,5);(H3,2,3,4);/q;;+1/p-1. The fraction of sp³-hybridized carbons (Fsp3) is 0.333. The summed E-state index contributed by atoms with van der Waals surface area (Å²) in [5, 5.41) is 8.38. The Morgan fingerprint density at radius 1 is 1.40 bits per heavy atom. The average Bonchev–Trinajstić information content (AvgIpc) is 1.65. The molecule has 0 saturated carbocycles. The van der Waals surface area contributed by atoms with Gasteiger partial charge in [0.05, 0.1) is 7.11 Å². The molecule has 0 fully saturated rings. The largest absolute Gasteiger partial charge is 1.00 e. The first-order valence-corrected chi connectivity index (χ1v) is 2.62. The predicted octanol–water partition coefficient (Wildman–Crippen LogP) is -4.53. The minimum absolute atomic E-state index is 0. The van der Waals surface area contributed by atoms with Gasteiger partial charge in [-0.1, -0.05) is 12.2 Å². The third-order valence-electron chi connectivity index (χ3n) is 0.201. The van der Waals surface area contributed by atoms with E-state index in [1.54, 1.807) is 0 Å².